The summed E-state index contributed by atoms with van der Waals surface area (Å²) in [5.74, 6) is -0.185. The van der Waals surface area contributed by atoms with Crippen LogP contribution in [-0.2, 0) is 20.8 Å². The zero-order valence-electron chi connectivity index (χ0n) is 14.5. The molecule has 0 spiro atoms. The van der Waals surface area contributed by atoms with Crippen molar-refractivity contribution in [2.24, 2.45) is 0 Å². The number of thioether (sulfide) groups is 1. The van der Waals surface area contributed by atoms with Crippen molar-refractivity contribution in [1.82, 2.24) is 0 Å². The fraction of sp³-hybridized carbons (Fsp3) is 0.300. The molecule has 1 amide bonds. The van der Waals surface area contributed by atoms with E-state index in [0.29, 0.717) is 12.2 Å². The van der Waals surface area contributed by atoms with Gasteiger partial charge in [0, 0.05) is 17.9 Å². The fourth-order valence-electron chi connectivity index (χ4n) is 2.59. The number of carboxylic acids is 1. The molecule has 0 unspecified atom stereocenters. The first-order valence-corrected chi connectivity index (χ1v) is 9.26. The van der Waals surface area contributed by atoms with Crippen LogP contribution >= 0.6 is 11.8 Å². The maximum Gasteiger partial charge on any atom is 0.313 e. The van der Waals surface area contributed by atoms with Crippen LogP contribution in [0.1, 0.15) is 31.4 Å². The Hall–Kier alpha value is -2.27. The molecule has 25 heavy (non-hydrogen) atoms. The maximum absolute atomic E-state index is 12.4. The van der Waals surface area contributed by atoms with Crippen LogP contribution in [0.4, 0.5) is 5.69 Å². The molecule has 0 aliphatic rings. The van der Waals surface area contributed by atoms with Crippen LogP contribution in [0.2, 0.25) is 0 Å². The van der Waals surface area contributed by atoms with Crippen molar-refractivity contribution in [1.29, 1.82) is 0 Å². The van der Waals surface area contributed by atoms with Crippen LogP contribution in [-0.4, -0.2) is 22.7 Å². The van der Waals surface area contributed by atoms with Crippen molar-refractivity contribution in [3.63, 3.8) is 0 Å². The Bertz CT molecular complexity index is 729. The number of hydrogen-bond acceptors (Lipinski definition) is 3. The topological polar surface area (TPSA) is 66.4 Å². The van der Waals surface area contributed by atoms with Gasteiger partial charge in [0.1, 0.15) is 0 Å². The van der Waals surface area contributed by atoms with E-state index in [1.807, 2.05) is 54.6 Å². The van der Waals surface area contributed by atoms with E-state index in [0.717, 1.165) is 16.8 Å². The summed E-state index contributed by atoms with van der Waals surface area (Å²) < 4.78 is 0. The maximum atomic E-state index is 12.4. The zero-order valence-corrected chi connectivity index (χ0v) is 15.3. The second-order valence-corrected chi connectivity index (χ2v) is 7.55. The molecule has 0 aliphatic carbocycles. The summed E-state index contributed by atoms with van der Waals surface area (Å²) in [7, 11) is 0. The summed E-state index contributed by atoms with van der Waals surface area (Å²) in [6.07, 6.45) is 0.384. The highest BCUT2D eigenvalue weighted by Crippen LogP contribution is 2.27. The van der Waals surface area contributed by atoms with Gasteiger partial charge in [-0.15, -0.1) is 11.8 Å². The number of anilines is 1. The quantitative estimate of drug-likeness (QED) is 0.739. The van der Waals surface area contributed by atoms with Crippen LogP contribution in [0, 0.1) is 0 Å². The van der Waals surface area contributed by atoms with Crippen LogP contribution in [0.15, 0.2) is 54.6 Å². The second kappa shape index (κ2) is 8.72. The SMILES string of the molecule is CC(C)(CC(=O)Nc1cccc(CSCC(=O)O)c1)c1ccccc1. The van der Waals surface area contributed by atoms with Gasteiger partial charge in [0.15, 0.2) is 0 Å². The van der Waals surface area contributed by atoms with Gasteiger partial charge in [-0.2, -0.15) is 0 Å². The lowest BCUT2D eigenvalue weighted by molar-refractivity contribution is -0.133. The molecule has 2 rings (SSSR count). The Morgan fingerprint density at radius 3 is 2.48 bits per heavy atom. The molecule has 0 aliphatic heterocycles. The van der Waals surface area contributed by atoms with Crippen molar-refractivity contribution >= 4 is 29.3 Å². The van der Waals surface area contributed by atoms with E-state index in [4.69, 9.17) is 5.11 Å². The summed E-state index contributed by atoms with van der Waals surface area (Å²) in [5, 5.41) is 11.6. The van der Waals surface area contributed by atoms with Gasteiger partial charge in [-0.1, -0.05) is 56.3 Å². The number of carboxylic acid groups (broad SMARTS) is 1. The Kier molecular flexibility index (Phi) is 6.65. The molecule has 5 heteroatoms. The average Bonchev–Trinajstić information content (AvgIpc) is 2.55. The van der Waals surface area contributed by atoms with Gasteiger partial charge in [0.05, 0.1) is 5.75 Å². The normalized spacial score (nSPS) is 11.1. The minimum atomic E-state index is -0.822. The van der Waals surface area contributed by atoms with Crippen LogP contribution in [0.3, 0.4) is 0 Å². The third-order valence-corrected chi connectivity index (χ3v) is 4.85. The average molecular weight is 357 g/mol. The number of carbonyl (C=O) groups excluding carboxylic acids is 1. The molecule has 2 aromatic carbocycles. The van der Waals surface area contributed by atoms with Crippen molar-refractivity contribution in [2.45, 2.75) is 31.4 Å². The largest absolute Gasteiger partial charge is 0.481 e. The van der Waals surface area contributed by atoms with E-state index in [1.165, 1.54) is 11.8 Å². The van der Waals surface area contributed by atoms with Crippen molar-refractivity contribution < 1.29 is 14.7 Å². The zero-order chi connectivity index (χ0) is 18.3. The Balaban J connectivity index is 1.95. The lowest BCUT2D eigenvalue weighted by Gasteiger charge is -2.24. The molecular formula is C20H23NO3S. The monoisotopic (exact) mass is 357 g/mol. The summed E-state index contributed by atoms with van der Waals surface area (Å²) >= 11 is 1.34. The summed E-state index contributed by atoms with van der Waals surface area (Å²) in [4.78, 5) is 23.0. The molecule has 0 radical (unpaired) electrons. The van der Waals surface area contributed by atoms with Crippen molar-refractivity contribution in [3.05, 3.63) is 65.7 Å². The molecule has 0 saturated carbocycles. The number of nitrogens with one attached hydrogen (secondary N) is 1. The van der Waals surface area contributed by atoms with E-state index in [2.05, 4.69) is 19.2 Å². The first-order chi connectivity index (χ1) is 11.9. The number of aliphatic carboxylic acids is 1. The van der Waals surface area contributed by atoms with E-state index in [-0.39, 0.29) is 17.1 Å². The molecule has 2 N–H and O–H groups in total. The molecule has 0 saturated heterocycles. The number of amides is 1. The predicted molar refractivity (Wildman–Crippen MR) is 103 cm³/mol. The standard InChI is InChI=1S/C20H23NO3S/c1-20(2,16-8-4-3-5-9-16)12-18(22)21-17-10-6-7-15(11-17)13-25-14-19(23)24/h3-11H,12-14H2,1-2H3,(H,21,22)(H,23,24). The van der Waals surface area contributed by atoms with Gasteiger partial charge in [-0.05, 0) is 28.7 Å². The Labute approximate surface area is 152 Å². The van der Waals surface area contributed by atoms with Gasteiger partial charge in [0.2, 0.25) is 5.91 Å². The van der Waals surface area contributed by atoms with E-state index in [1.54, 1.807) is 0 Å². The Morgan fingerprint density at radius 2 is 1.80 bits per heavy atom. The van der Waals surface area contributed by atoms with Crippen LogP contribution < -0.4 is 5.32 Å². The summed E-state index contributed by atoms with van der Waals surface area (Å²) in [6, 6.07) is 17.5. The molecule has 0 atom stereocenters. The smallest absolute Gasteiger partial charge is 0.313 e. The minimum absolute atomic E-state index is 0.0378. The number of benzene rings is 2. The third-order valence-electron chi connectivity index (χ3n) is 3.86. The Morgan fingerprint density at radius 1 is 1.08 bits per heavy atom. The molecule has 0 fully saturated rings. The third kappa shape index (κ3) is 6.27. The van der Waals surface area contributed by atoms with E-state index < -0.39 is 5.97 Å². The fourth-order valence-corrected chi connectivity index (χ4v) is 3.28. The molecule has 0 heterocycles. The van der Waals surface area contributed by atoms with Gasteiger partial charge in [-0.3, -0.25) is 9.59 Å². The highest BCUT2D eigenvalue weighted by atomic mass is 32.2. The predicted octanol–water partition coefficient (Wildman–Crippen LogP) is 4.31. The van der Waals surface area contributed by atoms with Crippen LogP contribution in [0.25, 0.3) is 0 Å². The minimum Gasteiger partial charge on any atom is -0.481 e. The summed E-state index contributed by atoms with van der Waals surface area (Å²) in [6.45, 7) is 4.11. The van der Waals surface area contributed by atoms with Gasteiger partial charge in [-0.25, -0.2) is 0 Å². The van der Waals surface area contributed by atoms with E-state index >= 15 is 0 Å². The highest BCUT2D eigenvalue weighted by molar-refractivity contribution is 7.99. The van der Waals surface area contributed by atoms with Gasteiger partial charge >= 0.3 is 5.97 Å². The molecule has 2 aromatic rings. The molecule has 0 bridgehead atoms. The van der Waals surface area contributed by atoms with Gasteiger partial charge < -0.3 is 10.4 Å². The second-order valence-electron chi connectivity index (χ2n) is 6.56. The first-order valence-electron chi connectivity index (χ1n) is 8.11. The molecular weight excluding hydrogens is 334 g/mol. The highest BCUT2D eigenvalue weighted by Gasteiger charge is 2.24. The number of carbonyl (C=O) groups is 2. The number of hydrogen-bond donors (Lipinski definition) is 2. The lowest BCUT2D eigenvalue weighted by atomic mass is 9.81. The van der Waals surface area contributed by atoms with Crippen molar-refractivity contribution in [3.8, 4) is 0 Å². The number of rotatable bonds is 8. The lowest BCUT2D eigenvalue weighted by Crippen LogP contribution is -2.25. The van der Waals surface area contributed by atoms with Gasteiger partial charge in [0.25, 0.3) is 0 Å². The van der Waals surface area contributed by atoms with Crippen LogP contribution in [0.5, 0.6) is 0 Å². The molecule has 132 valence electrons. The molecule has 4 nitrogen and oxygen atoms in total. The first kappa shape index (κ1) is 19.1. The molecule has 0 aromatic heterocycles. The van der Waals surface area contributed by atoms with Crippen molar-refractivity contribution in [2.75, 3.05) is 11.1 Å². The summed E-state index contributed by atoms with van der Waals surface area (Å²) in [5.41, 5.74) is 2.61. The van der Waals surface area contributed by atoms with E-state index in [9.17, 15) is 9.59 Å².